The van der Waals surface area contributed by atoms with E-state index in [-0.39, 0.29) is 5.91 Å². The summed E-state index contributed by atoms with van der Waals surface area (Å²) in [5.74, 6) is -0.801. The molecule has 0 aliphatic heterocycles. The molecule has 2 aromatic carbocycles. The highest BCUT2D eigenvalue weighted by atomic mass is 32.1. The molecule has 1 atom stereocenters. The molecule has 0 bridgehead atoms. The van der Waals surface area contributed by atoms with Crippen molar-refractivity contribution in [1.82, 2.24) is 14.9 Å². The van der Waals surface area contributed by atoms with Crippen molar-refractivity contribution in [3.63, 3.8) is 0 Å². The first-order chi connectivity index (χ1) is 14.1. The van der Waals surface area contributed by atoms with Crippen LogP contribution in [0.3, 0.4) is 0 Å². The third-order valence-electron chi connectivity index (χ3n) is 4.54. The van der Waals surface area contributed by atoms with Crippen LogP contribution in [0.5, 0.6) is 0 Å². The van der Waals surface area contributed by atoms with Crippen LogP contribution in [0, 0.1) is 0 Å². The summed E-state index contributed by atoms with van der Waals surface area (Å²) in [6, 6.07) is 18.0. The lowest BCUT2D eigenvalue weighted by Crippen LogP contribution is -2.43. The van der Waals surface area contributed by atoms with Gasteiger partial charge in [-0.2, -0.15) is 0 Å². The van der Waals surface area contributed by atoms with Crippen LogP contribution in [0.1, 0.15) is 15.9 Å². The molecule has 6 nitrogen and oxygen atoms in total. The second-order valence-corrected chi connectivity index (χ2v) is 7.52. The molecule has 0 saturated heterocycles. The zero-order chi connectivity index (χ0) is 20.2. The first-order valence-corrected chi connectivity index (χ1v) is 9.92. The number of carbonyl (C=O) groups excluding carboxylic acids is 2. The third-order valence-corrected chi connectivity index (χ3v) is 5.57. The van der Waals surface area contributed by atoms with Crippen LogP contribution in [0.25, 0.3) is 15.3 Å². The molecule has 0 spiro atoms. The molecule has 7 heteroatoms. The van der Waals surface area contributed by atoms with Gasteiger partial charge in [0.15, 0.2) is 5.13 Å². The fourth-order valence-corrected chi connectivity index (χ4v) is 4.03. The molecule has 2 heterocycles. The number of nitrogens with one attached hydrogen (secondary N) is 1. The van der Waals surface area contributed by atoms with E-state index in [4.69, 9.17) is 4.74 Å². The molecule has 0 unspecified atom stereocenters. The molecule has 0 aliphatic rings. The van der Waals surface area contributed by atoms with Crippen LogP contribution >= 0.6 is 11.3 Å². The largest absolute Gasteiger partial charge is 0.467 e. The number of fused-ring (bicyclic) bond motifs is 1. The zero-order valence-corrected chi connectivity index (χ0v) is 16.6. The quantitative estimate of drug-likeness (QED) is 0.498. The summed E-state index contributed by atoms with van der Waals surface area (Å²) in [6.07, 6.45) is 4.21. The average Bonchev–Trinajstić information content (AvgIpc) is 3.42. The number of hydrogen-bond donors (Lipinski definition) is 1. The van der Waals surface area contributed by atoms with Gasteiger partial charge in [0.05, 0.1) is 17.3 Å². The van der Waals surface area contributed by atoms with Gasteiger partial charge in [0.25, 0.3) is 5.91 Å². The number of benzene rings is 2. The molecular formula is C22H19N3O3S. The van der Waals surface area contributed by atoms with E-state index in [2.05, 4.69) is 10.3 Å². The Bertz CT molecular complexity index is 1140. The van der Waals surface area contributed by atoms with Crippen molar-refractivity contribution in [2.24, 2.45) is 0 Å². The van der Waals surface area contributed by atoms with Gasteiger partial charge in [0.2, 0.25) is 0 Å². The van der Waals surface area contributed by atoms with E-state index in [1.54, 1.807) is 12.1 Å². The second kappa shape index (κ2) is 8.28. The molecule has 0 radical (unpaired) electrons. The number of amides is 1. The summed E-state index contributed by atoms with van der Waals surface area (Å²) in [7, 11) is 1.32. The first kappa shape index (κ1) is 18.9. The van der Waals surface area contributed by atoms with Gasteiger partial charge >= 0.3 is 5.97 Å². The molecular weight excluding hydrogens is 386 g/mol. The minimum atomic E-state index is -0.762. The highest BCUT2D eigenvalue weighted by Crippen LogP contribution is 2.26. The van der Waals surface area contributed by atoms with E-state index in [1.165, 1.54) is 18.4 Å². The van der Waals surface area contributed by atoms with Crippen molar-refractivity contribution < 1.29 is 14.3 Å². The van der Waals surface area contributed by atoms with Crippen LogP contribution < -0.4 is 5.32 Å². The van der Waals surface area contributed by atoms with Crippen molar-refractivity contribution in [3.05, 3.63) is 84.2 Å². The fourth-order valence-electron chi connectivity index (χ4n) is 3.05. The van der Waals surface area contributed by atoms with Crippen LogP contribution in [-0.2, 0) is 16.0 Å². The number of esters is 1. The predicted octanol–water partition coefficient (Wildman–Crippen LogP) is 3.60. The normalized spacial score (nSPS) is 11.9. The molecule has 1 amide bonds. The van der Waals surface area contributed by atoms with E-state index in [9.17, 15) is 9.59 Å². The van der Waals surface area contributed by atoms with Crippen LogP contribution in [0.2, 0.25) is 0 Å². The van der Waals surface area contributed by atoms with E-state index in [0.717, 1.165) is 20.9 Å². The number of aromatic nitrogens is 2. The van der Waals surface area contributed by atoms with Crippen molar-refractivity contribution in [3.8, 4) is 5.13 Å². The lowest BCUT2D eigenvalue weighted by atomic mass is 10.1. The van der Waals surface area contributed by atoms with E-state index in [1.807, 2.05) is 65.5 Å². The monoisotopic (exact) mass is 405 g/mol. The summed E-state index contributed by atoms with van der Waals surface area (Å²) < 4.78 is 7.70. The van der Waals surface area contributed by atoms with E-state index < -0.39 is 12.0 Å². The fraction of sp³-hybridized carbons (Fsp3) is 0.136. The summed E-state index contributed by atoms with van der Waals surface area (Å²) in [6.45, 7) is 0. The third kappa shape index (κ3) is 4.20. The van der Waals surface area contributed by atoms with Crippen LogP contribution in [0.4, 0.5) is 0 Å². The Kier molecular flexibility index (Phi) is 5.39. The Labute approximate surface area is 171 Å². The molecule has 4 rings (SSSR count). The van der Waals surface area contributed by atoms with Crippen molar-refractivity contribution in [1.29, 1.82) is 0 Å². The summed E-state index contributed by atoms with van der Waals surface area (Å²) in [5, 5.41) is 3.63. The minimum absolute atomic E-state index is 0.325. The van der Waals surface area contributed by atoms with Crippen LogP contribution in [-0.4, -0.2) is 34.6 Å². The lowest BCUT2D eigenvalue weighted by molar-refractivity contribution is -0.142. The summed E-state index contributed by atoms with van der Waals surface area (Å²) in [4.78, 5) is 29.6. The Morgan fingerprint density at radius 2 is 1.86 bits per heavy atom. The van der Waals surface area contributed by atoms with Gasteiger partial charge in [0, 0.05) is 24.4 Å². The van der Waals surface area contributed by atoms with Gasteiger partial charge in [-0.15, -0.1) is 0 Å². The van der Waals surface area contributed by atoms with Gasteiger partial charge < -0.3 is 14.6 Å². The highest BCUT2D eigenvalue weighted by Gasteiger charge is 2.23. The zero-order valence-electron chi connectivity index (χ0n) is 15.7. The maximum absolute atomic E-state index is 12.8. The number of thiazole rings is 1. The molecule has 1 N–H and O–H groups in total. The first-order valence-electron chi connectivity index (χ1n) is 9.10. The maximum atomic E-state index is 12.8. The topological polar surface area (TPSA) is 73.2 Å². The molecule has 2 aromatic heterocycles. The Morgan fingerprint density at radius 3 is 2.59 bits per heavy atom. The van der Waals surface area contributed by atoms with Crippen molar-refractivity contribution in [2.45, 2.75) is 12.5 Å². The summed E-state index contributed by atoms with van der Waals surface area (Å²) in [5.41, 5.74) is 2.24. The Balaban J connectivity index is 1.55. The van der Waals surface area contributed by atoms with Gasteiger partial charge in [-0.05, 0) is 35.9 Å². The molecule has 0 fully saturated rings. The molecule has 146 valence electrons. The SMILES string of the molecule is COC(=O)[C@@H](Cc1ccccc1)NC(=O)c1ccc2nc(-n3cccc3)sc2c1. The van der Waals surface area contributed by atoms with E-state index in [0.29, 0.717) is 12.0 Å². The Morgan fingerprint density at radius 1 is 1.10 bits per heavy atom. The van der Waals surface area contributed by atoms with Gasteiger partial charge in [0.1, 0.15) is 6.04 Å². The molecule has 0 aliphatic carbocycles. The Hall–Kier alpha value is -3.45. The van der Waals surface area contributed by atoms with Gasteiger partial charge in [-0.3, -0.25) is 4.79 Å². The number of rotatable bonds is 6. The number of hydrogen-bond acceptors (Lipinski definition) is 5. The number of nitrogens with zero attached hydrogens (tertiary/aromatic N) is 2. The lowest BCUT2D eigenvalue weighted by Gasteiger charge is -2.16. The van der Waals surface area contributed by atoms with Gasteiger partial charge in [-0.1, -0.05) is 41.7 Å². The number of ether oxygens (including phenoxy) is 1. The van der Waals surface area contributed by atoms with Crippen molar-refractivity contribution >= 4 is 33.4 Å². The molecule has 0 saturated carbocycles. The van der Waals surface area contributed by atoms with Crippen LogP contribution in [0.15, 0.2) is 73.1 Å². The molecule has 4 aromatic rings. The number of carbonyl (C=O) groups is 2. The van der Waals surface area contributed by atoms with E-state index >= 15 is 0 Å². The smallest absolute Gasteiger partial charge is 0.328 e. The minimum Gasteiger partial charge on any atom is -0.467 e. The highest BCUT2D eigenvalue weighted by molar-refractivity contribution is 7.20. The second-order valence-electron chi connectivity index (χ2n) is 6.51. The summed E-state index contributed by atoms with van der Waals surface area (Å²) >= 11 is 1.50. The predicted molar refractivity (Wildman–Crippen MR) is 112 cm³/mol. The standard InChI is InChI=1S/C22H19N3O3S/c1-28-21(27)18(13-15-7-3-2-4-8-15)23-20(26)16-9-10-17-19(14-16)29-22(24-17)25-11-5-6-12-25/h2-12,14,18H,13H2,1H3,(H,23,26)/t18-/m1/s1. The average molecular weight is 405 g/mol. The van der Waals surface area contributed by atoms with Crippen molar-refractivity contribution in [2.75, 3.05) is 7.11 Å². The number of methoxy groups -OCH3 is 1. The maximum Gasteiger partial charge on any atom is 0.328 e. The van der Waals surface area contributed by atoms with Gasteiger partial charge in [-0.25, -0.2) is 9.78 Å². The molecule has 29 heavy (non-hydrogen) atoms.